The molecule has 2 aromatic heterocycles. The predicted molar refractivity (Wildman–Crippen MR) is 187 cm³/mol. The number of amides is 3. The standard InChI is InChI=1S/C37H37F4N9O3/c1-48(20-23-15-24-21-50(35(53)32(24)29(38)16-23)30-8-9-31(51)46-34(30)52)26-10-13-49(14-11-26)27-6-4-25(5-7-27)45-36-44-19-28(37(39,40)41)33(47-36)43-18-22-3-2-12-42-17-22/h2-7,12,15-17,19,26,30H,8-11,13-14,18,20-21H2,1H3,(H,46,51,52)(H2,43,44,45,47)/i17D. The molecule has 3 aliphatic heterocycles. The molecule has 276 valence electrons. The number of benzene rings is 2. The van der Waals surface area contributed by atoms with Gasteiger partial charge in [0, 0.05) is 75.1 Å². The zero-order valence-corrected chi connectivity index (χ0v) is 28.7. The molecular weight excluding hydrogens is 694 g/mol. The van der Waals surface area contributed by atoms with Gasteiger partial charge in [0.25, 0.3) is 5.91 Å². The van der Waals surface area contributed by atoms with Crippen LogP contribution in [0.25, 0.3) is 0 Å². The molecule has 1 unspecified atom stereocenters. The van der Waals surface area contributed by atoms with E-state index in [9.17, 15) is 27.6 Å². The molecule has 1 atom stereocenters. The van der Waals surface area contributed by atoms with Crippen LogP contribution in [-0.2, 0) is 35.4 Å². The summed E-state index contributed by atoms with van der Waals surface area (Å²) in [5, 5.41) is 7.91. The van der Waals surface area contributed by atoms with Crippen molar-refractivity contribution in [2.75, 3.05) is 35.7 Å². The van der Waals surface area contributed by atoms with E-state index in [1.165, 1.54) is 17.2 Å². The summed E-state index contributed by atoms with van der Waals surface area (Å²) in [6, 6.07) is 13.3. The lowest BCUT2D eigenvalue weighted by Crippen LogP contribution is -2.52. The lowest BCUT2D eigenvalue weighted by atomic mass is 10.0. The molecule has 2 aromatic carbocycles. The maximum atomic E-state index is 15.3. The number of halogens is 4. The molecule has 0 spiro atoms. The molecule has 2 saturated heterocycles. The Morgan fingerprint density at radius 2 is 1.83 bits per heavy atom. The Kier molecular flexibility index (Phi) is 9.60. The minimum Gasteiger partial charge on any atom is -0.371 e. The van der Waals surface area contributed by atoms with Gasteiger partial charge in [-0.15, -0.1) is 0 Å². The number of nitrogens with zero attached hydrogens (tertiary/aromatic N) is 6. The summed E-state index contributed by atoms with van der Waals surface area (Å²) in [6.07, 6.45) is -0.545. The molecule has 2 fully saturated rings. The van der Waals surface area contributed by atoms with Gasteiger partial charge in [0.05, 0.1) is 6.93 Å². The van der Waals surface area contributed by atoms with Crippen molar-refractivity contribution in [3.8, 4) is 0 Å². The van der Waals surface area contributed by atoms with Crippen LogP contribution in [0.15, 0.2) is 67.1 Å². The second kappa shape index (κ2) is 14.8. The first-order valence-electron chi connectivity index (χ1n) is 17.7. The van der Waals surface area contributed by atoms with Crippen molar-refractivity contribution < 1.29 is 33.3 Å². The summed E-state index contributed by atoms with van der Waals surface area (Å²) >= 11 is 0. The zero-order valence-electron chi connectivity index (χ0n) is 29.7. The molecule has 53 heavy (non-hydrogen) atoms. The van der Waals surface area contributed by atoms with E-state index >= 15 is 4.39 Å². The van der Waals surface area contributed by atoms with Crippen molar-refractivity contribution in [1.29, 1.82) is 0 Å². The molecule has 5 heterocycles. The molecule has 12 nitrogen and oxygen atoms in total. The van der Waals surface area contributed by atoms with E-state index in [1.807, 2.05) is 25.2 Å². The molecule has 16 heteroatoms. The van der Waals surface area contributed by atoms with Crippen molar-refractivity contribution in [1.82, 2.24) is 30.1 Å². The number of alkyl halides is 3. The molecule has 4 aromatic rings. The highest BCUT2D eigenvalue weighted by molar-refractivity contribution is 6.05. The van der Waals surface area contributed by atoms with E-state index in [-0.39, 0.29) is 55.6 Å². The van der Waals surface area contributed by atoms with Crippen LogP contribution in [0.4, 0.5) is 40.7 Å². The average Bonchev–Trinajstić information content (AvgIpc) is 3.47. The Labute approximate surface area is 304 Å². The fourth-order valence-electron chi connectivity index (χ4n) is 7.10. The third-order valence-corrected chi connectivity index (χ3v) is 9.85. The fourth-order valence-corrected chi connectivity index (χ4v) is 7.10. The number of fused-ring (bicyclic) bond motifs is 1. The summed E-state index contributed by atoms with van der Waals surface area (Å²) < 4.78 is 64.3. The van der Waals surface area contributed by atoms with Crippen LogP contribution in [0, 0.1) is 5.82 Å². The van der Waals surface area contributed by atoms with Crippen molar-refractivity contribution in [3.63, 3.8) is 0 Å². The van der Waals surface area contributed by atoms with Crippen LogP contribution in [-0.4, -0.2) is 74.7 Å². The van der Waals surface area contributed by atoms with Crippen molar-refractivity contribution in [2.45, 2.75) is 63.6 Å². The van der Waals surface area contributed by atoms with Crippen LogP contribution in [0.2, 0.25) is 0 Å². The fraction of sp³-hybridized carbons (Fsp3) is 0.351. The largest absolute Gasteiger partial charge is 0.421 e. The van der Waals surface area contributed by atoms with Crippen molar-refractivity contribution in [3.05, 3.63) is 101 Å². The second-order valence-corrected chi connectivity index (χ2v) is 13.4. The topological polar surface area (TPSA) is 136 Å². The molecule has 3 amide bonds. The summed E-state index contributed by atoms with van der Waals surface area (Å²) in [5.74, 6) is -2.51. The Morgan fingerprint density at radius 3 is 2.55 bits per heavy atom. The zero-order chi connectivity index (χ0) is 38.1. The van der Waals surface area contributed by atoms with Gasteiger partial charge in [-0.1, -0.05) is 12.1 Å². The molecule has 0 radical (unpaired) electrons. The molecule has 7 rings (SSSR count). The van der Waals surface area contributed by atoms with Crippen LogP contribution in [0.5, 0.6) is 0 Å². The SMILES string of the molecule is [2H]c1ncccc1CNc1nc(Nc2ccc(N3CCC(N(C)Cc4cc(F)c5c(c4)CN(C4CCC(=O)NC4=O)C5=O)CC3)cc2)ncc1C(F)(F)F. The highest BCUT2D eigenvalue weighted by Gasteiger charge is 2.41. The summed E-state index contributed by atoms with van der Waals surface area (Å²) in [5.41, 5.74) is 2.20. The van der Waals surface area contributed by atoms with E-state index < -0.39 is 41.2 Å². The van der Waals surface area contributed by atoms with E-state index in [2.05, 4.69) is 40.7 Å². The first-order valence-corrected chi connectivity index (χ1v) is 17.2. The van der Waals surface area contributed by atoms with E-state index in [0.717, 1.165) is 43.4 Å². The minimum atomic E-state index is -4.69. The maximum Gasteiger partial charge on any atom is 0.421 e. The van der Waals surface area contributed by atoms with Gasteiger partial charge >= 0.3 is 6.18 Å². The van der Waals surface area contributed by atoms with Gasteiger partial charge in [0.15, 0.2) is 0 Å². The number of hydrogen-bond acceptors (Lipinski definition) is 10. The number of carbonyl (C=O) groups excluding carboxylic acids is 3. The highest BCUT2D eigenvalue weighted by Crippen LogP contribution is 2.35. The Hall–Kier alpha value is -5.64. The van der Waals surface area contributed by atoms with Crippen LogP contribution in [0.1, 0.15) is 59.7 Å². The van der Waals surface area contributed by atoms with Gasteiger partial charge in [-0.3, -0.25) is 29.6 Å². The number of carbonyl (C=O) groups is 3. The number of nitrogens with one attached hydrogen (secondary N) is 3. The van der Waals surface area contributed by atoms with Gasteiger partial charge in [-0.25, -0.2) is 9.37 Å². The molecule has 0 aliphatic carbocycles. The lowest BCUT2D eigenvalue weighted by Gasteiger charge is -2.38. The van der Waals surface area contributed by atoms with Gasteiger partial charge in [-0.2, -0.15) is 18.2 Å². The first-order chi connectivity index (χ1) is 25.8. The van der Waals surface area contributed by atoms with Gasteiger partial charge in [0.2, 0.25) is 17.8 Å². The second-order valence-electron chi connectivity index (χ2n) is 13.4. The molecule has 0 bridgehead atoms. The van der Waals surface area contributed by atoms with Crippen molar-refractivity contribution in [2.24, 2.45) is 0 Å². The summed E-state index contributed by atoms with van der Waals surface area (Å²) in [7, 11) is 1.99. The summed E-state index contributed by atoms with van der Waals surface area (Å²) in [4.78, 5) is 54.6. The number of aromatic nitrogens is 3. The van der Waals surface area contributed by atoms with E-state index in [4.69, 9.17) is 1.37 Å². The average molecular weight is 733 g/mol. The summed E-state index contributed by atoms with van der Waals surface area (Å²) in [6.45, 7) is 2.04. The number of rotatable bonds is 10. The number of pyridine rings is 1. The Morgan fingerprint density at radius 1 is 1.06 bits per heavy atom. The van der Waals surface area contributed by atoms with Crippen LogP contribution < -0.4 is 20.9 Å². The third kappa shape index (κ3) is 7.91. The number of imide groups is 1. The predicted octanol–water partition coefficient (Wildman–Crippen LogP) is 5.25. The molecular formula is C37H37F4N9O3. The minimum absolute atomic E-state index is 0.0185. The Bertz CT molecular complexity index is 2080. The van der Waals surface area contributed by atoms with Crippen molar-refractivity contribution >= 4 is 40.9 Å². The maximum absolute atomic E-state index is 15.3. The normalized spacial score (nSPS) is 18.3. The highest BCUT2D eigenvalue weighted by atomic mass is 19.4. The number of hydrogen-bond donors (Lipinski definition) is 3. The first kappa shape index (κ1) is 34.4. The number of anilines is 4. The smallest absolute Gasteiger partial charge is 0.371 e. The van der Waals surface area contributed by atoms with E-state index in [1.54, 1.807) is 24.3 Å². The van der Waals surface area contributed by atoms with Crippen LogP contribution >= 0.6 is 0 Å². The van der Waals surface area contributed by atoms with E-state index in [0.29, 0.717) is 23.4 Å². The lowest BCUT2D eigenvalue weighted by molar-refractivity contribution is -0.138. The monoisotopic (exact) mass is 732 g/mol. The quantitative estimate of drug-likeness (QED) is 0.147. The molecule has 3 aliphatic rings. The van der Waals surface area contributed by atoms with Gasteiger partial charge in [-0.05, 0) is 79.4 Å². The van der Waals surface area contributed by atoms with Gasteiger partial charge < -0.3 is 20.4 Å². The Balaban J connectivity index is 0.935. The third-order valence-electron chi connectivity index (χ3n) is 9.85. The van der Waals surface area contributed by atoms with Crippen LogP contribution in [0.3, 0.4) is 0 Å². The van der Waals surface area contributed by atoms with Gasteiger partial charge in [0.1, 0.15) is 23.2 Å². The number of piperidine rings is 2. The molecule has 3 N–H and O–H groups in total. The molecule has 0 saturated carbocycles.